The molecule has 0 unspecified atom stereocenters. The molecule has 3 N–H and O–H groups in total. The molecule has 0 bridgehead atoms. The minimum Gasteiger partial charge on any atom is -0.350 e. The Morgan fingerprint density at radius 3 is 2.55 bits per heavy atom. The molecular formula is C6H12F2N2O. The zero-order valence-electron chi connectivity index (χ0n) is 6.36. The van der Waals surface area contributed by atoms with Crippen molar-refractivity contribution in [3.63, 3.8) is 0 Å². The van der Waals surface area contributed by atoms with E-state index in [4.69, 9.17) is 5.73 Å². The topological polar surface area (TPSA) is 55.1 Å². The normalized spacial score (nSPS) is 11.3. The maximum atomic E-state index is 12.3. The van der Waals surface area contributed by atoms with Gasteiger partial charge in [0.25, 0.3) is 5.92 Å². The Morgan fingerprint density at radius 2 is 2.18 bits per heavy atom. The van der Waals surface area contributed by atoms with Crippen molar-refractivity contribution in [2.45, 2.75) is 19.3 Å². The van der Waals surface area contributed by atoms with Gasteiger partial charge in [-0.15, -0.1) is 0 Å². The molecule has 0 radical (unpaired) electrons. The van der Waals surface area contributed by atoms with Gasteiger partial charge in [0.2, 0.25) is 5.91 Å². The van der Waals surface area contributed by atoms with Crippen LogP contribution in [-0.2, 0) is 4.79 Å². The lowest BCUT2D eigenvalue weighted by molar-refractivity contribution is -0.122. The molecule has 5 heteroatoms. The largest absolute Gasteiger partial charge is 0.350 e. The predicted molar refractivity (Wildman–Crippen MR) is 37.3 cm³/mol. The molecule has 0 rings (SSSR count). The summed E-state index contributed by atoms with van der Waals surface area (Å²) in [6.07, 6.45) is 0.209. The molecule has 0 aromatic heterocycles. The van der Waals surface area contributed by atoms with E-state index in [9.17, 15) is 13.6 Å². The Labute approximate surface area is 63.9 Å². The maximum Gasteiger partial charge on any atom is 0.277 e. The second-order valence-electron chi connectivity index (χ2n) is 2.19. The molecule has 0 fully saturated rings. The van der Waals surface area contributed by atoms with Crippen LogP contribution in [0, 0.1) is 0 Å². The van der Waals surface area contributed by atoms with Gasteiger partial charge in [-0.25, -0.2) is 8.78 Å². The highest BCUT2D eigenvalue weighted by Gasteiger charge is 2.26. The van der Waals surface area contributed by atoms with Gasteiger partial charge in [-0.3, -0.25) is 4.79 Å². The fraction of sp³-hybridized carbons (Fsp3) is 0.833. The maximum absolute atomic E-state index is 12.3. The van der Waals surface area contributed by atoms with Crippen LogP contribution in [0.15, 0.2) is 0 Å². The van der Waals surface area contributed by atoms with E-state index in [2.05, 4.69) is 5.32 Å². The van der Waals surface area contributed by atoms with E-state index in [1.165, 1.54) is 0 Å². The number of nitrogens with one attached hydrogen (secondary N) is 1. The quantitative estimate of drug-likeness (QED) is 0.622. The molecule has 11 heavy (non-hydrogen) atoms. The Kier molecular flexibility index (Phi) is 3.95. The van der Waals surface area contributed by atoms with Gasteiger partial charge in [-0.2, -0.15) is 0 Å². The first-order valence-electron chi connectivity index (χ1n) is 3.36. The Balaban J connectivity index is 3.61. The molecule has 0 saturated heterocycles. The van der Waals surface area contributed by atoms with Crippen molar-refractivity contribution in [1.29, 1.82) is 0 Å². The van der Waals surface area contributed by atoms with Crippen LogP contribution in [0.2, 0.25) is 0 Å². The molecule has 0 aliphatic carbocycles. The zero-order valence-corrected chi connectivity index (χ0v) is 6.36. The van der Waals surface area contributed by atoms with E-state index in [0.29, 0.717) is 0 Å². The number of halogens is 2. The van der Waals surface area contributed by atoms with Crippen LogP contribution in [0.1, 0.15) is 13.3 Å². The van der Waals surface area contributed by atoms with Crippen molar-refractivity contribution in [1.82, 2.24) is 5.32 Å². The Bertz CT molecular complexity index is 139. The summed E-state index contributed by atoms with van der Waals surface area (Å²) in [7, 11) is 0. The van der Waals surface area contributed by atoms with Gasteiger partial charge in [0.1, 0.15) is 0 Å². The average Bonchev–Trinajstić information content (AvgIpc) is 2.00. The summed E-state index contributed by atoms with van der Waals surface area (Å²) in [5.41, 5.74) is 4.73. The smallest absolute Gasteiger partial charge is 0.277 e. The first kappa shape index (κ1) is 10.3. The first-order valence-corrected chi connectivity index (χ1v) is 3.36. The summed E-state index contributed by atoms with van der Waals surface area (Å²) in [5, 5.41) is 2.05. The number of alkyl halides is 2. The number of hydrogen-bond donors (Lipinski definition) is 2. The monoisotopic (exact) mass is 166 g/mol. The molecular weight excluding hydrogens is 154 g/mol. The molecule has 0 saturated carbocycles. The number of hydrogen-bond acceptors (Lipinski definition) is 2. The molecule has 0 atom stereocenters. The Morgan fingerprint density at radius 1 is 1.64 bits per heavy atom. The van der Waals surface area contributed by atoms with Crippen molar-refractivity contribution in [2.75, 3.05) is 13.1 Å². The number of amides is 1. The Hall–Kier alpha value is -0.710. The van der Waals surface area contributed by atoms with E-state index in [1.54, 1.807) is 6.92 Å². The summed E-state index contributed by atoms with van der Waals surface area (Å²) in [5.74, 6) is -3.37. The van der Waals surface area contributed by atoms with Crippen molar-refractivity contribution in [3.05, 3.63) is 0 Å². The first-order chi connectivity index (χ1) is 5.02. The summed E-state index contributed by atoms with van der Waals surface area (Å²) < 4.78 is 24.6. The van der Waals surface area contributed by atoms with E-state index in [1.807, 2.05) is 0 Å². The second-order valence-corrected chi connectivity index (χ2v) is 2.19. The van der Waals surface area contributed by atoms with Gasteiger partial charge in [-0.1, -0.05) is 6.92 Å². The highest BCUT2D eigenvalue weighted by atomic mass is 19.3. The fourth-order valence-electron chi connectivity index (χ4n) is 0.425. The van der Waals surface area contributed by atoms with Gasteiger partial charge in [0.05, 0.1) is 13.1 Å². The average molecular weight is 166 g/mol. The summed E-state index contributed by atoms with van der Waals surface area (Å²) in [6.45, 7) is 0.184. The van der Waals surface area contributed by atoms with Gasteiger partial charge in [0.15, 0.2) is 0 Å². The number of carbonyl (C=O) groups is 1. The van der Waals surface area contributed by atoms with Crippen LogP contribution in [0.25, 0.3) is 0 Å². The van der Waals surface area contributed by atoms with Gasteiger partial charge in [-0.05, 0) is 0 Å². The third kappa shape index (κ3) is 4.66. The summed E-state index contributed by atoms with van der Waals surface area (Å²) >= 11 is 0. The summed E-state index contributed by atoms with van der Waals surface area (Å²) in [6, 6.07) is 0. The predicted octanol–water partition coefficient (Wildman–Crippen LogP) is 0.107. The van der Waals surface area contributed by atoms with Crippen LogP contribution >= 0.6 is 0 Å². The SMILES string of the molecule is CCC(=O)NCC(F)(F)CN. The lowest BCUT2D eigenvalue weighted by Crippen LogP contribution is -2.41. The van der Waals surface area contributed by atoms with Gasteiger partial charge < -0.3 is 11.1 Å². The number of rotatable bonds is 4. The molecule has 1 amide bonds. The third-order valence-electron chi connectivity index (χ3n) is 1.16. The van der Waals surface area contributed by atoms with Crippen molar-refractivity contribution >= 4 is 5.91 Å². The fourth-order valence-corrected chi connectivity index (χ4v) is 0.425. The van der Waals surface area contributed by atoms with Gasteiger partial charge in [0, 0.05) is 6.42 Å². The molecule has 0 aromatic carbocycles. The van der Waals surface area contributed by atoms with E-state index < -0.39 is 24.9 Å². The van der Waals surface area contributed by atoms with Crippen LogP contribution < -0.4 is 11.1 Å². The van der Waals surface area contributed by atoms with Crippen LogP contribution in [0.4, 0.5) is 8.78 Å². The standard InChI is InChI=1S/C6H12F2N2O/c1-2-5(11)10-4-6(7,8)3-9/h2-4,9H2,1H3,(H,10,11). The van der Waals surface area contributed by atoms with Gasteiger partial charge >= 0.3 is 0 Å². The molecule has 0 aliphatic rings. The van der Waals surface area contributed by atoms with E-state index in [-0.39, 0.29) is 6.42 Å². The van der Waals surface area contributed by atoms with Crippen molar-refractivity contribution in [2.24, 2.45) is 5.73 Å². The molecule has 0 aliphatic heterocycles. The molecule has 3 nitrogen and oxygen atoms in total. The highest BCUT2D eigenvalue weighted by molar-refractivity contribution is 5.75. The van der Waals surface area contributed by atoms with Crippen molar-refractivity contribution < 1.29 is 13.6 Å². The minimum absolute atomic E-state index is 0.209. The molecule has 0 heterocycles. The molecule has 66 valence electrons. The number of carbonyl (C=O) groups excluding carboxylic acids is 1. The second kappa shape index (κ2) is 4.23. The van der Waals surface area contributed by atoms with E-state index >= 15 is 0 Å². The minimum atomic E-state index is -2.98. The molecule has 0 spiro atoms. The zero-order chi connectivity index (χ0) is 8.91. The van der Waals surface area contributed by atoms with E-state index in [0.717, 1.165) is 0 Å². The van der Waals surface area contributed by atoms with Crippen LogP contribution in [-0.4, -0.2) is 24.9 Å². The third-order valence-corrected chi connectivity index (χ3v) is 1.16. The lowest BCUT2D eigenvalue weighted by atomic mass is 10.3. The lowest BCUT2D eigenvalue weighted by Gasteiger charge is -2.13. The highest BCUT2D eigenvalue weighted by Crippen LogP contribution is 2.08. The van der Waals surface area contributed by atoms with Crippen LogP contribution in [0.5, 0.6) is 0 Å². The molecule has 0 aromatic rings. The number of nitrogens with two attached hydrogens (primary N) is 1. The van der Waals surface area contributed by atoms with Crippen LogP contribution in [0.3, 0.4) is 0 Å². The summed E-state index contributed by atoms with van der Waals surface area (Å²) in [4.78, 5) is 10.5. The van der Waals surface area contributed by atoms with Crippen molar-refractivity contribution in [3.8, 4) is 0 Å².